The van der Waals surface area contributed by atoms with Crippen LogP contribution in [0.2, 0.25) is 0 Å². The van der Waals surface area contributed by atoms with Gasteiger partial charge in [-0.2, -0.15) is 0 Å². The summed E-state index contributed by atoms with van der Waals surface area (Å²) in [4.78, 5) is 4.08. The molecule has 0 aromatic rings. The lowest BCUT2D eigenvalue weighted by molar-refractivity contribution is 1.00. The molecule has 0 aliphatic heterocycles. The number of hydrogen-bond acceptors (Lipinski definition) is 2. The lowest BCUT2D eigenvalue weighted by Gasteiger charge is -1.95. The molecule has 0 N–H and O–H groups in total. The van der Waals surface area contributed by atoms with E-state index in [1.165, 1.54) is 11.5 Å². The van der Waals surface area contributed by atoms with Crippen molar-refractivity contribution in [1.29, 1.82) is 0 Å². The number of aliphatic imine (C=N–C) groups is 1. The van der Waals surface area contributed by atoms with Crippen LogP contribution in [-0.4, -0.2) is 18.3 Å². The molecule has 0 aliphatic rings. The zero-order valence-corrected chi connectivity index (χ0v) is 6.59. The fourth-order valence-electron chi connectivity index (χ4n) is 0.519. The molecule has 0 radical (unpaired) electrons. The quantitative estimate of drug-likeness (QED) is 0.413. The molecule has 0 saturated carbocycles. The highest BCUT2D eigenvalue weighted by atomic mass is 32.2. The van der Waals surface area contributed by atoms with Gasteiger partial charge in [-0.15, -0.1) is 11.8 Å². The van der Waals surface area contributed by atoms with Crippen LogP contribution in [-0.2, 0) is 0 Å². The van der Waals surface area contributed by atoms with Gasteiger partial charge < -0.3 is 0 Å². The van der Waals surface area contributed by atoms with Gasteiger partial charge >= 0.3 is 0 Å². The van der Waals surface area contributed by atoms with Crippen LogP contribution < -0.4 is 0 Å². The molecule has 1 nitrogen and oxygen atoms in total. The lowest BCUT2D eigenvalue weighted by Crippen LogP contribution is -1.87. The number of nitrogens with zero attached hydrogens (tertiary/aromatic N) is 1. The molecule has 0 bridgehead atoms. The van der Waals surface area contributed by atoms with E-state index in [0.29, 0.717) is 0 Å². The Labute approximate surface area is 55.6 Å². The maximum atomic E-state index is 4.08. The van der Waals surface area contributed by atoms with Gasteiger partial charge in [-0.3, -0.25) is 4.99 Å². The second kappa shape index (κ2) is 5.16. The average molecular weight is 131 g/mol. The standard InChI is InChI=1S/C6H13NS/c1-4-5-6(7-2)8-3/h4-5H2,1-3H3. The van der Waals surface area contributed by atoms with Crippen molar-refractivity contribution in [3.05, 3.63) is 0 Å². The van der Waals surface area contributed by atoms with E-state index in [2.05, 4.69) is 18.2 Å². The van der Waals surface area contributed by atoms with Crippen LogP contribution in [0.3, 0.4) is 0 Å². The van der Waals surface area contributed by atoms with Crippen LogP contribution in [0.1, 0.15) is 19.8 Å². The van der Waals surface area contributed by atoms with Crippen molar-refractivity contribution < 1.29 is 0 Å². The molecule has 0 saturated heterocycles. The summed E-state index contributed by atoms with van der Waals surface area (Å²) in [5, 5.41) is 1.26. The summed E-state index contributed by atoms with van der Waals surface area (Å²) in [6.07, 6.45) is 4.41. The zero-order chi connectivity index (χ0) is 6.41. The smallest absolute Gasteiger partial charge is 0.0669 e. The molecule has 0 aliphatic carbocycles. The molecule has 2 heteroatoms. The van der Waals surface area contributed by atoms with Crippen molar-refractivity contribution in [1.82, 2.24) is 0 Å². The van der Waals surface area contributed by atoms with Crippen LogP contribution in [0.5, 0.6) is 0 Å². The molecule has 48 valence electrons. The summed E-state index contributed by atoms with van der Waals surface area (Å²) in [5.41, 5.74) is 0. The first-order valence-electron chi connectivity index (χ1n) is 2.84. The number of rotatable bonds is 2. The van der Waals surface area contributed by atoms with E-state index in [9.17, 15) is 0 Å². The summed E-state index contributed by atoms with van der Waals surface area (Å²) >= 11 is 1.74. The van der Waals surface area contributed by atoms with Crippen LogP contribution >= 0.6 is 11.8 Å². The van der Waals surface area contributed by atoms with Crippen LogP contribution in [0.15, 0.2) is 4.99 Å². The molecule has 0 spiro atoms. The summed E-state index contributed by atoms with van der Waals surface area (Å²) < 4.78 is 0. The predicted octanol–water partition coefficient (Wildman–Crippen LogP) is 2.18. The van der Waals surface area contributed by atoms with E-state index in [1.807, 2.05) is 7.05 Å². The summed E-state index contributed by atoms with van der Waals surface area (Å²) in [6.45, 7) is 2.17. The van der Waals surface area contributed by atoms with Crippen molar-refractivity contribution in [2.24, 2.45) is 4.99 Å². The molecule has 0 fully saturated rings. The van der Waals surface area contributed by atoms with E-state index in [-0.39, 0.29) is 0 Å². The van der Waals surface area contributed by atoms with Gasteiger partial charge in [-0.05, 0) is 12.7 Å². The highest BCUT2D eigenvalue weighted by Gasteiger charge is 1.89. The van der Waals surface area contributed by atoms with Gasteiger partial charge in [0.1, 0.15) is 0 Å². The molecule has 0 aromatic heterocycles. The third-order valence-corrected chi connectivity index (χ3v) is 1.81. The SMILES string of the molecule is CCCC(=NC)SC. The summed E-state index contributed by atoms with van der Waals surface area (Å²) in [6, 6.07) is 0. The highest BCUT2D eigenvalue weighted by Crippen LogP contribution is 2.03. The van der Waals surface area contributed by atoms with E-state index in [0.717, 1.165) is 6.42 Å². The average Bonchev–Trinajstić information content (AvgIpc) is 1.83. The van der Waals surface area contributed by atoms with Crippen molar-refractivity contribution in [2.75, 3.05) is 13.3 Å². The Balaban J connectivity index is 3.38. The van der Waals surface area contributed by atoms with Crippen molar-refractivity contribution in [3.8, 4) is 0 Å². The molecule has 0 heterocycles. The van der Waals surface area contributed by atoms with E-state index in [1.54, 1.807) is 11.8 Å². The minimum absolute atomic E-state index is 1.14. The molecule has 8 heavy (non-hydrogen) atoms. The molecular formula is C6H13NS. The predicted molar refractivity (Wildman–Crippen MR) is 41.8 cm³/mol. The normalized spacial score (nSPS) is 12.1. The van der Waals surface area contributed by atoms with Crippen molar-refractivity contribution in [3.63, 3.8) is 0 Å². The third kappa shape index (κ3) is 3.08. The molecule has 0 aromatic carbocycles. The van der Waals surface area contributed by atoms with E-state index < -0.39 is 0 Å². The Hall–Kier alpha value is 0.0200. The number of hydrogen-bond donors (Lipinski definition) is 0. The molecular weight excluding hydrogens is 118 g/mol. The van der Waals surface area contributed by atoms with Gasteiger partial charge in [-0.25, -0.2) is 0 Å². The Morgan fingerprint density at radius 3 is 2.38 bits per heavy atom. The van der Waals surface area contributed by atoms with E-state index >= 15 is 0 Å². The maximum Gasteiger partial charge on any atom is 0.0669 e. The Morgan fingerprint density at radius 1 is 1.62 bits per heavy atom. The van der Waals surface area contributed by atoms with Gasteiger partial charge in [0.25, 0.3) is 0 Å². The van der Waals surface area contributed by atoms with Crippen LogP contribution in [0.4, 0.5) is 0 Å². The molecule has 0 amide bonds. The monoisotopic (exact) mass is 131 g/mol. The zero-order valence-electron chi connectivity index (χ0n) is 5.77. The van der Waals surface area contributed by atoms with Gasteiger partial charge in [0, 0.05) is 7.05 Å². The van der Waals surface area contributed by atoms with Gasteiger partial charge in [0.05, 0.1) is 5.04 Å². The summed E-state index contributed by atoms with van der Waals surface area (Å²) in [5.74, 6) is 0. The van der Waals surface area contributed by atoms with Gasteiger partial charge in [0.2, 0.25) is 0 Å². The first kappa shape index (κ1) is 8.02. The largest absolute Gasteiger partial charge is 0.286 e. The van der Waals surface area contributed by atoms with Crippen LogP contribution in [0, 0.1) is 0 Å². The molecule has 0 rings (SSSR count). The first-order valence-corrected chi connectivity index (χ1v) is 4.07. The first-order chi connectivity index (χ1) is 3.85. The van der Waals surface area contributed by atoms with Gasteiger partial charge in [-0.1, -0.05) is 13.3 Å². The minimum atomic E-state index is 1.14. The van der Waals surface area contributed by atoms with Crippen molar-refractivity contribution >= 4 is 16.8 Å². The Morgan fingerprint density at radius 2 is 2.25 bits per heavy atom. The Kier molecular flexibility index (Phi) is 5.18. The topological polar surface area (TPSA) is 12.4 Å². The lowest BCUT2D eigenvalue weighted by atomic mass is 10.4. The Bertz CT molecular complexity index is 78.6. The number of thioether (sulfide) groups is 1. The second-order valence-corrected chi connectivity index (χ2v) is 2.45. The molecule has 0 unspecified atom stereocenters. The summed E-state index contributed by atoms with van der Waals surface area (Å²) in [7, 11) is 1.85. The van der Waals surface area contributed by atoms with Crippen molar-refractivity contribution in [2.45, 2.75) is 19.8 Å². The third-order valence-electron chi connectivity index (χ3n) is 0.949. The van der Waals surface area contributed by atoms with E-state index in [4.69, 9.17) is 0 Å². The maximum absolute atomic E-state index is 4.08. The second-order valence-electron chi connectivity index (χ2n) is 1.57. The van der Waals surface area contributed by atoms with Gasteiger partial charge in [0.15, 0.2) is 0 Å². The molecule has 0 atom stereocenters. The fraction of sp³-hybridized carbons (Fsp3) is 0.833. The minimum Gasteiger partial charge on any atom is -0.286 e. The fourth-order valence-corrected chi connectivity index (χ4v) is 1.11. The highest BCUT2D eigenvalue weighted by molar-refractivity contribution is 8.13. The van der Waals surface area contributed by atoms with Crippen LogP contribution in [0.25, 0.3) is 0 Å².